The van der Waals surface area contributed by atoms with Crippen LogP contribution in [-0.2, 0) is 14.3 Å². The summed E-state index contributed by atoms with van der Waals surface area (Å²) in [5.74, 6) is 1.13. The fraction of sp³-hybridized carbons (Fsp3) is 0.750. The summed E-state index contributed by atoms with van der Waals surface area (Å²) in [6.07, 6.45) is 1.73. The number of allylic oxidation sites excluding steroid dienone is 1. The summed E-state index contributed by atoms with van der Waals surface area (Å²) >= 11 is 0. The van der Waals surface area contributed by atoms with Gasteiger partial charge in [-0.25, -0.2) is 0 Å². The first-order chi connectivity index (χ1) is 8.27. The molecule has 5 heteroatoms. The molecular weight excluding hydrogens is 220 g/mol. The molecule has 5 nitrogen and oxygen atoms in total. The quantitative estimate of drug-likeness (QED) is 0.654. The number of ketones is 1. The minimum atomic E-state index is 0.0954. The van der Waals surface area contributed by atoms with Gasteiger partial charge < -0.3 is 19.3 Å². The molecule has 0 aromatic heterocycles. The molecule has 96 valence electrons. The molecule has 2 aliphatic heterocycles. The third-order valence-corrected chi connectivity index (χ3v) is 3.00. The van der Waals surface area contributed by atoms with Crippen LogP contribution in [0, 0.1) is 0 Å². The molecule has 2 heterocycles. The van der Waals surface area contributed by atoms with Crippen LogP contribution in [0.25, 0.3) is 0 Å². The van der Waals surface area contributed by atoms with Gasteiger partial charge in [-0.15, -0.1) is 0 Å². The molecule has 0 amide bonds. The summed E-state index contributed by atoms with van der Waals surface area (Å²) in [5.41, 5.74) is 0. The van der Waals surface area contributed by atoms with Gasteiger partial charge in [0.2, 0.25) is 0 Å². The smallest absolute Gasteiger partial charge is 0.156 e. The van der Waals surface area contributed by atoms with Crippen molar-refractivity contribution in [1.82, 2.24) is 9.80 Å². The van der Waals surface area contributed by atoms with Crippen LogP contribution >= 0.6 is 0 Å². The van der Waals surface area contributed by atoms with Gasteiger partial charge in [0.05, 0.1) is 26.4 Å². The maximum atomic E-state index is 11.3. The van der Waals surface area contributed by atoms with Crippen molar-refractivity contribution in [3.05, 3.63) is 11.9 Å². The summed E-state index contributed by atoms with van der Waals surface area (Å²) < 4.78 is 10.7. The highest BCUT2D eigenvalue weighted by atomic mass is 16.5. The Morgan fingerprint density at radius 3 is 1.71 bits per heavy atom. The lowest BCUT2D eigenvalue weighted by molar-refractivity contribution is -0.113. The van der Waals surface area contributed by atoms with Crippen LogP contribution < -0.4 is 0 Å². The van der Waals surface area contributed by atoms with E-state index in [9.17, 15) is 4.79 Å². The lowest BCUT2D eigenvalue weighted by atomic mass is 10.3. The number of hydrogen-bond donors (Lipinski definition) is 0. The molecule has 0 aliphatic carbocycles. The Kier molecular flexibility index (Phi) is 4.39. The Morgan fingerprint density at radius 1 is 0.941 bits per heavy atom. The van der Waals surface area contributed by atoms with Crippen molar-refractivity contribution in [3.8, 4) is 0 Å². The fourth-order valence-corrected chi connectivity index (χ4v) is 2.15. The molecule has 2 saturated heterocycles. The highest BCUT2D eigenvalue weighted by Gasteiger charge is 2.21. The molecule has 2 aliphatic rings. The molecule has 0 unspecified atom stereocenters. The number of hydrogen-bond acceptors (Lipinski definition) is 5. The first kappa shape index (κ1) is 12.4. The lowest BCUT2D eigenvalue weighted by Gasteiger charge is -2.39. The van der Waals surface area contributed by atoms with Crippen molar-refractivity contribution in [2.45, 2.75) is 6.92 Å². The topological polar surface area (TPSA) is 42.0 Å². The van der Waals surface area contributed by atoms with Crippen LogP contribution in [0.5, 0.6) is 0 Å². The van der Waals surface area contributed by atoms with E-state index in [2.05, 4.69) is 9.80 Å². The van der Waals surface area contributed by atoms with Gasteiger partial charge >= 0.3 is 0 Å². The Balaban J connectivity index is 2.08. The number of rotatable bonds is 3. The van der Waals surface area contributed by atoms with E-state index in [0.717, 1.165) is 58.4 Å². The predicted octanol–water partition coefficient (Wildman–Crippen LogP) is 0.0812. The first-order valence-corrected chi connectivity index (χ1v) is 6.15. The molecule has 0 radical (unpaired) electrons. The van der Waals surface area contributed by atoms with Crippen LogP contribution in [-0.4, -0.2) is 68.2 Å². The summed E-state index contributed by atoms with van der Waals surface area (Å²) in [6, 6.07) is 0. The number of ether oxygens (including phenoxy) is 2. The van der Waals surface area contributed by atoms with Crippen molar-refractivity contribution in [2.75, 3.05) is 52.6 Å². The first-order valence-electron chi connectivity index (χ1n) is 6.15. The van der Waals surface area contributed by atoms with Crippen molar-refractivity contribution in [2.24, 2.45) is 0 Å². The highest BCUT2D eigenvalue weighted by molar-refractivity contribution is 5.87. The monoisotopic (exact) mass is 240 g/mol. The Morgan fingerprint density at radius 2 is 1.35 bits per heavy atom. The SMILES string of the molecule is CC(=O)C=C(N1CCOCC1)N1CCOCC1. The van der Waals surface area contributed by atoms with Gasteiger partial charge in [0.15, 0.2) is 5.78 Å². The van der Waals surface area contributed by atoms with Crippen LogP contribution in [0.2, 0.25) is 0 Å². The van der Waals surface area contributed by atoms with E-state index in [-0.39, 0.29) is 5.78 Å². The number of nitrogens with zero attached hydrogens (tertiary/aromatic N) is 2. The van der Waals surface area contributed by atoms with Gasteiger partial charge in [0.25, 0.3) is 0 Å². The normalized spacial score (nSPS) is 21.2. The van der Waals surface area contributed by atoms with Gasteiger partial charge in [-0.2, -0.15) is 0 Å². The minimum Gasteiger partial charge on any atom is -0.378 e. The van der Waals surface area contributed by atoms with Crippen LogP contribution in [0.3, 0.4) is 0 Å². The molecule has 2 rings (SSSR count). The molecule has 2 fully saturated rings. The molecule has 0 atom stereocenters. The summed E-state index contributed by atoms with van der Waals surface area (Å²) in [6.45, 7) is 7.97. The number of carbonyl (C=O) groups excluding carboxylic acids is 1. The maximum absolute atomic E-state index is 11.3. The number of carbonyl (C=O) groups is 1. The molecule has 0 aromatic carbocycles. The van der Waals surface area contributed by atoms with Gasteiger partial charge in [-0.1, -0.05) is 0 Å². The molecule has 0 N–H and O–H groups in total. The Bertz CT molecular complexity index is 272. The molecule has 17 heavy (non-hydrogen) atoms. The second-order valence-corrected chi connectivity index (χ2v) is 4.31. The minimum absolute atomic E-state index is 0.0954. The molecular formula is C12H20N2O3. The highest BCUT2D eigenvalue weighted by Crippen LogP contribution is 2.15. The molecule has 0 aromatic rings. The second kappa shape index (κ2) is 6.02. The van der Waals surface area contributed by atoms with Crippen LogP contribution in [0.1, 0.15) is 6.92 Å². The number of morpholine rings is 2. The zero-order valence-electron chi connectivity index (χ0n) is 10.4. The zero-order valence-corrected chi connectivity index (χ0v) is 10.4. The average molecular weight is 240 g/mol. The summed E-state index contributed by atoms with van der Waals surface area (Å²) in [7, 11) is 0. The van der Waals surface area contributed by atoms with Gasteiger partial charge in [-0.05, 0) is 6.92 Å². The zero-order chi connectivity index (χ0) is 12.1. The maximum Gasteiger partial charge on any atom is 0.156 e. The van der Waals surface area contributed by atoms with E-state index in [1.54, 1.807) is 13.0 Å². The van der Waals surface area contributed by atoms with Crippen molar-refractivity contribution in [1.29, 1.82) is 0 Å². The van der Waals surface area contributed by atoms with Crippen LogP contribution in [0.4, 0.5) is 0 Å². The largest absolute Gasteiger partial charge is 0.378 e. The van der Waals surface area contributed by atoms with Crippen LogP contribution in [0.15, 0.2) is 11.9 Å². The molecule has 0 saturated carbocycles. The standard InChI is InChI=1S/C12H20N2O3/c1-11(15)10-12(13-2-6-16-7-3-13)14-4-8-17-9-5-14/h10H,2-9H2,1H3. The molecule has 0 spiro atoms. The Labute approximate surface area is 102 Å². The van der Waals surface area contributed by atoms with Gasteiger partial charge in [0, 0.05) is 32.3 Å². The van der Waals surface area contributed by atoms with E-state index in [1.165, 1.54) is 0 Å². The van der Waals surface area contributed by atoms with E-state index < -0.39 is 0 Å². The summed E-state index contributed by atoms with van der Waals surface area (Å²) in [4.78, 5) is 15.8. The second-order valence-electron chi connectivity index (χ2n) is 4.31. The lowest BCUT2D eigenvalue weighted by Crippen LogP contribution is -2.46. The Hall–Kier alpha value is -1.07. The van der Waals surface area contributed by atoms with E-state index >= 15 is 0 Å². The molecule has 0 bridgehead atoms. The van der Waals surface area contributed by atoms with Gasteiger partial charge in [-0.3, -0.25) is 4.79 Å². The third-order valence-electron chi connectivity index (χ3n) is 3.00. The summed E-state index contributed by atoms with van der Waals surface area (Å²) in [5, 5.41) is 0. The van der Waals surface area contributed by atoms with Crippen molar-refractivity contribution < 1.29 is 14.3 Å². The fourth-order valence-electron chi connectivity index (χ4n) is 2.15. The van der Waals surface area contributed by atoms with E-state index in [0.29, 0.717) is 0 Å². The van der Waals surface area contributed by atoms with E-state index in [1.807, 2.05) is 0 Å². The van der Waals surface area contributed by atoms with Crippen molar-refractivity contribution >= 4 is 5.78 Å². The van der Waals surface area contributed by atoms with Gasteiger partial charge in [0.1, 0.15) is 5.82 Å². The van der Waals surface area contributed by atoms with E-state index in [4.69, 9.17) is 9.47 Å². The average Bonchev–Trinajstić information content (AvgIpc) is 2.38. The predicted molar refractivity (Wildman–Crippen MR) is 63.5 cm³/mol. The third kappa shape index (κ3) is 3.44. The van der Waals surface area contributed by atoms with Crippen molar-refractivity contribution in [3.63, 3.8) is 0 Å².